The summed E-state index contributed by atoms with van der Waals surface area (Å²) in [5.74, 6) is 0. The second kappa shape index (κ2) is 19.7. The number of thiophene rings is 1. The fraction of sp³-hybridized carbons (Fsp3) is 0.227. The monoisotopic (exact) mass is 1010 g/mol. The number of rotatable bonds is 13. The predicted molar refractivity (Wildman–Crippen MR) is 234 cm³/mol. The molecule has 3 heterocycles. The zero-order chi connectivity index (χ0) is 47.6. The summed E-state index contributed by atoms with van der Waals surface area (Å²) in [5.41, 5.74) is -1.09. The molecule has 0 spiro atoms. The Morgan fingerprint density at radius 3 is 1.35 bits per heavy atom. The van der Waals surface area contributed by atoms with Gasteiger partial charge in [0.1, 0.15) is 12.2 Å². The van der Waals surface area contributed by atoms with Crippen molar-refractivity contribution in [1.29, 1.82) is 0 Å². The molecule has 2 fully saturated rings. The van der Waals surface area contributed by atoms with Gasteiger partial charge in [0.05, 0.1) is 38.0 Å². The third kappa shape index (κ3) is 11.1. The van der Waals surface area contributed by atoms with Crippen molar-refractivity contribution in [2.75, 3.05) is 26.2 Å². The Hall–Kier alpha value is -4.90. The van der Waals surface area contributed by atoms with Gasteiger partial charge in [0, 0.05) is 53.7 Å². The SMILES string of the molecule is O=S(=O)(c1ccsc1)N1CC(OC(c2ccc(Cl)cc2)c2ccccc2C(F)(F)F)C1.O=[N+]([O-])c1ccc(S(=O)(=O)N2CC(OC(c3ccc(Cl)cc3)c3ccccc3C(F)(F)F)C2)cc1. The van der Waals surface area contributed by atoms with Crippen molar-refractivity contribution in [2.45, 2.75) is 46.6 Å². The molecule has 348 valence electrons. The quantitative estimate of drug-likeness (QED) is 0.0634. The maximum absolute atomic E-state index is 13.7. The molecule has 0 saturated carbocycles. The molecule has 8 rings (SSSR count). The van der Waals surface area contributed by atoms with Crippen molar-refractivity contribution in [1.82, 2.24) is 8.61 Å². The standard InChI is InChI=1S/C23H18ClF3N2O5S.C21H17ClF3NO3S2/c24-16-7-5-15(6-8-16)22(20-3-1-2-4-21(20)23(25,26)27)34-18-13-28(14-18)35(32,33)19-11-9-17(10-12-19)29(30)31;22-15-7-5-14(6-8-15)20(18-3-1-2-4-19(18)21(23,24)25)29-16-11-26(12-16)31(27,28)17-9-10-30-13-17/h1-12,18,22H,13-14H2;1-10,13,16,20H,11-12H2. The molecule has 0 amide bonds. The lowest BCUT2D eigenvalue weighted by atomic mass is 9.96. The van der Waals surface area contributed by atoms with Crippen molar-refractivity contribution in [3.8, 4) is 0 Å². The highest BCUT2D eigenvalue weighted by atomic mass is 35.5. The second-order valence-electron chi connectivity index (χ2n) is 14.9. The first-order valence-electron chi connectivity index (χ1n) is 19.5. The van der Waals surface area contributed by atoms with Crippen LogP contribution in [-0.2, 0) is 41.9 Å². The van der Waals surface area contributed by atoms with Crippen molar-refractivity contribution in [3.63, 3.8) is 0 Å². The molecule has 0 radical (unpaired) electrons. The Morgan fingerprint density at radius 1 is 0.591 bits per heavy atom. The van der Waals surface area contributed by atoms with E-state index in [-0.39, 0.29) is 52.8 Å². The van der Waals surface area contributed by atoms with Gasteiger partial charge in [-0.15, -0.1) is 0 Å². The molecule has 0 aliphatic carbocycles. The number of alkyl halides is 6. The fourth-order valence-corrected chi connectivity index (χ4v) is 11.4. The Kier molecular flexibility index (Phi) is 14.7. The lowest BCUT2D eigenvalue weighted by Gasteiger charge is -2.40. The second-order valence-corrected chi connectivity index (χ2v) is 20.4. The van der Waals surface area contributed by atoms with Crippen LogP contribution in [0.25, 0.3) is 0 Å². The van der Waals surface area contributed by atoms with Crippen LogP contribution in [0.2, 0.25) is 10.0 Å². The summed E-state index contributed by atoms with van der Waals surface area (Å²) in [6.45, 7) is -0.0396. The molecule has 2 unspecified atom stereocenters. The molecule has 5 aromatic carbocycles. The van der Waals surface area contributed by atoms with Gasteiger partial charge in [0.2, 0.25) is 20.0 Å². The van der Waals surface area contributed by atoms with E-state index in [1.54, 1.807) is 47.2 Å². The first kappa shape index (κ1) is 49.0. The summed E-state index contributed by atoms with van der Waals surface area (Å²) in [4.78, 5) is 10.2. The van der Waals surface area contributed by atoms with Gasteiger partial charge in [-0.2, -0.15) is 46.3 Å². The van der Waals surface area contributed by atoms with E-state index in [1.807, 2.05) is 0 Å². The number of nitro groups is 1. The molecule has 66 heavy (non-hydrogen) atoms. The van der Waals surface area contributed by atoms with Crippen LogP contribution in [0.5, 0.6) is 0 Å². The average Bonchev–Trinajstić information content (AvgIpc) is 3.80. The predicted octanol–water partition coefficient (Wildman–Crippen LogP) is 11.0. The van der Waals surface area contributed by atoms with E-state index in [0.29, 0.717) is 21.2 Å². The summed E-state index contributed by atoms with van der Waals surface area (Å²) in [5, 5.41) is 14.9. The largest absolute Gasteiger partial charge is 0.416 e. The van der Waals surface area contributed by atoms with Gasteiger partial charge in [-0.05, 0) is 82.2 Å². The van der Waals surface area contributed by atoms with E-state index < -0.39 is 72.9 Å². The summed E-state index contributed by atoms with van der Waals surface area (Å²) in [7, 11) is -7.57. The van der Waals surface area contributed by atoms with E-state index in [4.69, 9.17) is 32.7 Å². The van der Waals surface area contributed by atoms with Crippen LogP contribution < -0.4 is 0 Å². The lowest BCUT2D eigenvalue weighted by Crippen LogP contribution is -2.54. The van der Waals surface area contributed by atoms with Crippen molar-refractivity contribution < 1.29 is 57.6 Å². The van der Waals surface area contributed by atoms with Gasteiger partial charge < -0.3 is 9.47 Å². The minimum absolute atomic E-state index is 0.0311. The minimum Gasteiger partial charge on any atom is -0.363 e. The Balaban J connectivity index is 0.000000198. The zero-order valence-electron chi connectivity index (χ0n) is 33.8. The number of benzene rings is 5. The summed E-state index contributed by atoms with van der Waals surface area (Å²) in [6, 6.07) is 28.8. The Morgan fingerprint density at radius 2 is 0.985 bits per heavy atom. The van der Waals surface area contributed by atoms with Crippen LogP contribution >= 0.6 is 34.5 Å². The highest BCUT2D eigenvalue weighted by Gasteiger charge is 2.43. The summed E-state index contributed by atoms with van der Waals surface area (Å²) in [6.07, 6.45) is -12.5. The first-order chi connectivity index (χ1) is 31.1. The Labute approximate surface area is 389 Å². The number of ether oxygens (including phenoxy) is 2. The average molecular weight is 1010 g/mol. The van der Waals surface area contributed by atoms with Crippen molar-refractivity contribution in [3.05, 3.63) is 192 Å². The molecule has 2 aliphatic rings. The third-order valence-corrected chi connectivity index (χ3v) is 15.6. The zero-order valence-corrected chi connectivity index (χ0v) is 37.7. The maximum Gasteiger partial charge on any atom is 0.416 e. The van der Waals surface area contributed by atoms with Gasteiger partial charge in [0.25, 0.3) is 5.69 Å². The molecule has 1 aromatic heterocycles. The number of non-ortho nitro benzene ring substituents is 1. The summed E-state index contributed by atoms with van der Waals surface area (Å²) >= 11 is 13.1. The molecule has 0 N–H and O–H groups in total. The molecular formula is C44H35Cl2F6N3O8S3. The van der Waals surface area contributed by atoms with E-state index in [2.05, 4.69) is 0 Å². The lowest BCUT2D eigenvalue weighted by molar-refractivity contribution is -0.384. The minimum atomic E-state index is -4.62. The molecule has 2 saturated heterocycles. The number of nitrogens with zero attached hydrogens (tertiary/aromatic N) is 3. The van der Waals surface area contributed by atoms with Crippen molar-refractivity contribution >= 4 is 60.3 Å². The molecule has 6 aromatic rings. The van der Waals surface area contributed by atoms with Gasteiger partial charge in [-0.25, -0.2) is 16.8 Å². The van der Waals surface area contributed by atoms with E-state index in [9.17, 15) is 53.3 Å². The van der Waals surface area contributed by atoms with E-state index in [0.717, 1.165) is 40.7 Å². The van der Waals surface area contributed by atoms with Gasteiger partial charge in [-0.3, -0.25) is 10.1 Å². The molecule has 2 atom stereocenters. The van der Waals surface area contributed by atoms with E-state index in [1.165, 1.54) is 70.2 Å². The van der Waals surface area contributed by atoms with Gasteiger partial charge in [-0.1, -0.05) is 83.9 Å². The molecular weight excluding hydrogens is 980 g/mol. The first-order valence-corrected chi connectivity index (χ1v) is 24.1. The number of nitro benzene ring substituents is 1. The maximum atomic E-state index is 13.7. The third-order valence-electron chi connectivity index (χ3n) is 10.5. The molecule has 11 nitrogen and oxygen atoms in total. The van der Waals surface area contributed by atoms with Crippen LogP contribution in [-0.4, -0.2) is 68.8 Å². The van der Waals surface area contributed by atoms with Crippen LogP contribution in [0.15, 0.2) is 148 Å². The number of sulfonamides is 2. The van der Waals surface area contributed by atoms with Crippen molar-refractivity contribution in [2.24, 2.45) is 0 Å². The highest BCUT2D eigenvalue weighted by molar-refractivity contribution is 7.89. The normalized spacial score (nSPS) is 16.4. The van der Waals surface area contributed by atoms with Crippen LogP contribution in [0.3, 0.4) is 0 Å². The van der Waals surface area contributed by atoms with Crippen LogP contribution in [0.1, 0.15) is 45.6 Å². The van der Waals surface area contributed by atoms with Gasteiger partial charge >= 0.3 is 12.4 Å². The van der Waals surface area contributed by atoms with Gasteiger partial charge in [0.15, 0.2) is 0 Å². The number of hydrogen-bond donors (Lipinski definition) is 0. The van der Waals surface area contributed by atoms with Crippen LogP contribution in [0, 0.1) is 10.1 Å². The van der Waals surface area contributed by atoms with E-state index >= 15 is 0 Å². The Bertz CT molecular complexity index is 2860. The molecule has 0 bridgehead atoms. The number of hydrogen-bond acceptors (Lipinski definition) is 9. The molecule has 22 heteroatoms. The fourth-order valence-electron chi connectivity index (χ4n) is 7.09. The van der Waals surface area contributed by atoms with Crippen LogP contribution in [0.4, 0.5) is 32.0 Å². The summed E-state index contributed by atoms with van der Waals surface area (Å²) < 4.78 is 147. The highest BCUT2D eigenvalue weighted by Crippen LogP contribution is 2.42. The number of halogens is 8. The molecule has 2 aliphatic heterocycles. The topological polar surface area (TPSA) is 136 Å². The smallest absolute Gasteiger partial charge is 0.363 e.